The van der Waals surface area contributed by atoms with Crippen molar-refractivity contribution in [1.82, 2.24) is 0 Å². The first-order chi connectivity index (χ1) is 11.5. The average molecular weight is 344 g/mol. The van der Waals surface area contributed by atoms with Gasteiger partial charge in [0.15, 0.2) is 6.04 Å². The third-order valence-electron chi connectivity index (χ3n) is 3.87. The Morgan fingerprint density at radius 2 is 2.08 bits per heavy atom. The maximum Gasteiger partial charge on any atom is 0.283 e. The largest absolute Gasteiger partial charge is 0.494 e. The van der Waals surface area contributed by atoms with Gasteiger partial charge in [-0.25, -0.2) is 0 Å². The first kappa shape index (κ1) is 18.0. The second kappa shape index (κ2) is 8.48. The highest BCUT2D eigenvalue weighted by Crippen LogP contribution is 2.22. The van der Waals surface area contributed by atoms with Gasteiger partial charge < -0.3 is 15.0 Å². The molecule has 0 aliphatic rings. The highest BCUT2D eigenvalue weighted by Gasteiger charge is 2.23. The van der Waals surface area contributed by atoms with Gasteiger partial charge in [0, 0.05) is 5.56 Å². The van der Waals surface area contributed by atoms with Crippen LogP contribution in [0.2, 0.25) is 0 Å². The lowest BCUT2D eigenvalue weighted by atomic mass is 10.2. The van der Waals surface area contributed by atoms with Gasteiger partial charge in [-0.3, -0.25) is 4.79 Å². The maximum atomic E-state index is 12.4. The Balaban J connectivity index is 1.94. The van der Waals surface area contributed by atoms with Crippen LogP contribution in [0.3, 0.4) is 0 Å². The molecule has 0 aliphatic heterocycles. The van der Waals surface area contributed by atoms with Gasteiger partial charge in [-0.2, -0.15) is 5.26 Å². The van der Waals surface area contributed by atoms with Crippen LogP contribution in [0, 0.1) is 11.3 Å². The van der Waals surface area contributed by atoms with Crippen molar-refractivity contribution >= 4 is 22.2 Å². The number of likely N-dealkylation sites (N-methyl/N-ethyl adjacent to an activating group) is 1. The predicted molar refractivity (Wildman–Crippen MR) is 95.3 cm³/mol. The molecule has 1 heterocycles. The van der Waals surface area contributed by atoms with Crippen LogP contribution in [0.5, 0.6) is 5.75 Å². The predicted octanol–water partition coefficient (Wildman–Crippen LogP) is 2.06. The van der Waals surface area contributed by atoms with Gasteiger partial charge in [-0.15, -0.1) is 11.3 Å². The van der Waals surface area contributed by atoms with Crippen molar-refractivity contribution < 1.29 is 14.4 Å². The lowest BCUT2D eigenvalue weighted by Gasteiger charge is -2.21. The normalized spacial score (nSPS) is 12.9. The third-order valence-corrected chi connectivity index (χ3v) is 4.70. The molecule has 1 amide bonds. The number of anilines is 1. The lowest BCUT2D eigenvalue weighted by Crippen LogP contribution is -3.12. The molecule has 126 valence electrons. The highest BCUT2D eigenvalue weighted by atomic mass is 32.1. The Morgan fingerprint density at radius 3 is 2.71 bits per heavy atom. The van der Waals surface area contributed by atoms with Crippen LogP contribution in [0.4, 0.5) is 5.00 Å². The molecule has 0 fully saturated rings. The molecule has 1 aromatic carbocycles. The van der Waals surface area contributed by atoms with Crippen molar-refractivity contribution in [3.05, 3.63) is 46.8 Å². The quantitative estimate of drug-likeness (QED) is 0.808. The third kappa shape index (κ3) is 4.57. The van der Waals surface area contributed by atoms with Gasteiger partial charge in [-0.1, -0.05) is 0 Å². The molecule has 24 heavy (non-hydrogen) atoms. The minimum absolute atomic E-state index is 0.0858. The van der Waals surface area contributed by atoms with Gasteiger partial charge >= 0.3 is 0 Å². The van der Waals surface area contributed by atoms with E-state index < -0.39 is 0 Å². The SMILES string of the molecule is CCOc1ccc(C[NH+](C)[C@@H](C)C(=O)Nc2sccc2C#N)cc1. The maximum absolute atomic E-state index is 12.4. The number of thiophene rings is 1. The number of nitrogens with one attached hydrogen (secondary N) is 2. The molecule has 0 spiro atoms. The van der Waals surface area contributed by atoms with E-state index in [9.17, 15) is 4.79 Å². The summed E-state index contributed by atoms with van der Waals surface area (Å²) in [4.78, 5) is 13.5. The lowest BCUT2D eigenvalue weighted by molar-refractivity contribution is -0.907. The monoisotopic (exact) mass is 344 g/mol. The summed E-state index contributed by atoms with van der Waals surface area (Å²) in [5, 5.41) is 14.3. The summed E-state index contributed by atoms with van der Waals surface area (Å²) in [6, 6.07) is 11.5. The van der Waals surface area contributed by atoms with Crippen molar-refractivity contribution in [3.63, 3.8) is 0 Å². The smallest absolute Gasteiger partial charge is 0.283 e. The summed E-state index contributed by atoms with van der Waals surface area (Å²) in [6.07, 6.45) is 0. The Morgan fingerprint density at radius 1 is 1.38 bits per heavy atom. The van der Waals surface area contributed by atoms with Crippen LogP contribution < -0.4 is 15.0 Å². The summed E-state index contributed by atoms with van der Waals surface area (Å²) in [7, 11) is 1.99. The molecule has 2 atom stereocenters. The van der Waals surface area contributed by atoms with E-state index >= 15 is 0 Å². The summed E-state index contributed by atoms with van der Waals surface area (Å²) in [6.45, 7) is 5.22. The number of hydrogen-bond acceptors (Lipinski definition) is 4. The van der Waals surface area contributed by atoms with E-state index in [2.05, 4.69) is 11.4 Å². The molecule has 2 N–H and O–H groups in total. The van der Waals surface area contributed by atoms with Crippen LogP contribution in [0.1, 0.15) is 25.0 Å². The average Bonchev–Trinajstić information content (AvgIpc) is 3.03. The second-order valence-corrected chi connectivity index (χ2v) is 6.50. The Hall–Kier alpha value is -2.36. The summed E-state index contributed by atoms with van der Waals surface area (Å²) < 4.78 is 5.44. The number of carbonyl (C=O) groups excluding carboxylic acids is 1. The molecule has 0 saturated carbocycles. The van der Waals surface area contributed by atoms with Crippen molar-refractivity contribution in [3.8, 4) is 11.8 Å². The molecular weight excluding hydrogens is 322 g/mol. The number of nitrogens with zero attached hydrogens (tertiary/aromatic N) is 1. The standard InChI is InChI=1S/C18H21N3O2S/c1-4-23-16-7-5-14(6-8-16)12-21(3)13(2)17(22)20-18-15(11-19)9-10-24-18/h5-10,13H,4,12H2,1-3H3,(H,20,22)/p+1/t13-/m0/s1. The number of amides is 1. The van der Waals surface area contributed by atoms with Crippen LogP contribution in [0.25, 0.3) is 0 Å². The first-order valence-corrected chi connectivity index (χ1v) is 8.75. The van der Waals surface area contributed by atoms with E-state index in [1.165, 1.54) is 11.3 Å². The molecule has 0 saturated heterocycles. The minimum Gasteiger partial charge on any atom is -0.494 e. The van der Waals surface area contributed by atoms with E-state index in [4.69, 9.17) is 10.00 Å². The van der Waals surface area contributed by atoms with Gasteiger partial charge in [0.25, 0.3) is 5.91 Å². The number of rotatable bonds is 7. The fourth-order valence-electron chi connectivity index (χ4n) is 2.28. The molecule has 0 aliphatic carbocycles. The van der Waals surface area contributed by atoms with E-state index in [1.807, 2.05) is 45.2 Å². The summed E-state index contributed by atoms with van der Waals surface area (Å²) in [5.41, 5.74) is 1.65. The van der Waals surface area contributed by atoms with Crippen LogP contribution in [-0.4, -0.2) is 25.6 Å². The van der Waals surface area contributed by atoms with Crippen molar-refractivity contribution in [2.75, 3.05) is 19.0 Å². The molecule has 1 aromatic heterocycles. The number of ether oxygens (including phenoxy) is 1. The first-order valence-electron chi connectivity index (χ1n) is 7.87. The molecule has 0 bridgehead atoms. The zero-order valence-corrected chi connectivity index (χ0v) is 14.9. The van der Waals surface area contributed by atoms with Gasteiger partial charge in [-0.05, 0) is 49.6 Å². The van der Waals surface area contributed by atoms with E-state index in [1.54, 1.807) is 11.4 Å². The van der Waals surface area contributed by atoms with Gasteiger partial charge in [0.1, 0.15) is 23.4 Å². The highest BCUT2D eigenvalue weighted by molar-refractivity contribution is 7.14. The second-order valence-electron chi connectivity index (χ2n) is 5.59. The topological polar surface area (TPSA) is 66.6 Å². The zero-order chi connectivity index (χ0) is 17.5. The number of nitriles is 1. The van der Waals surface area contributed by atoms with Crippen molar-refractivity contribution in [2.45, 2.75) is 26.4 Å². The van der Waals surface area contributed by atoms with Crippen LogP contribution >= 0.6 is 11.3 Å². The number of quaternary nitrogens is 1. The molecular formula is C18H22N3O2S+. The summed E-state index contributed by atoms with van der Waals surface area (Å²) in [5.74, 6) is 0.767. The molecule has 0 radical (unpaired) electrons. The molecule has 5 nitrogen and oxygen atoms in total. The Labute approximate surface area is 146 Å². The minimum atomic E-state index is -0.231. The zero-order valence-electron chi connectivity index (χ0n) is 14.1. The van der Waals surface area contributed by atoms with E-state index in [-0.39, 0.29) is 11.9 Å². The van der Waals surface area contributed by atoms with Crippen molar-refractivity contribution in [2.24, 2.45) is 0 Å². The Bertz CT molecular complexity index is 719. The Kier molecular flexibility index (Phi) is 6.36. The molecule has 1 unspecified atom stereocenters. The number of hydrogen-bond donors (Lipinski definition) is 2. The van der Waals surface area contributed by atoms with E-state index in [0.29, 0.717) is 17.2 Å². The van der Waals surface area contributed by atoms with Crippen LogP contribution in [-0.2, 0) is 11.3 Å². The molecule has 6 heteroatoms. The van der Waals surface area contributed by atoms with Crippen molar-refractivity contribution in [1.29, 1.82) is 5.26 Å². The van der Waals surface area contributed by atoms with Gasteiger partial charge in [0.2, 0.25) is 0 Å². The molecule has 2 aromatic rings. The van der Waals surface area contributed by atoms with Crippen LogP contribution in [0.15, 0.2) is 35.7 Å². The van der Waals surface area contributed by atoms with Gasteiger partial charge in [0.05, 0.1) is 19.2 Å². The van der Waals surface area contributed by atoms with E-state index in [0.717, 1.165) is 22.8 Å². The fourth-order valence-corrected chi connectivity index (χ4v) is 3.02. The summed E-state index contributed by atoms with van der Waals surface area (Å²) >= 11 is 1.36. The fraction of sp³-hybridized carbons (Fsp3) is 0.333. The number of benzene rings is 1. The molecule has 2 rings (SSSR count). The number of carbonyl (C=O) groups is 1.